The zero-order chi connectivity index (χ0) is 26.6. The topological polar surface area (TPSA) is 0 Å². The number of hydrogen-bond acceptors (Lipinski definition) is 0. The Morgan fingerprint density at radius 1 is 0.590 bits per heavy atom. The van der Waals surface area contributed by atoms with Crippen molar-refractivity contribution >= 4 is 39.6 Å². The second-order valence-corrected chi connectivity index (χ2v) is 9.70. The van der Waals surface area contributed by atoms with Gasteiger partial charge in [0.2, 0.25) is 0 Å². The molecule has 0 fully saturated rings. The summed E-state index contributed by atoms with van der Waals surface area (Å²) in [5, 5.41) is 5.00. The standard InChI is InChI=1S/C38H29B/c1-3-27(29-15-7-5-8-16-29)23-28(4-2)37-33-19-11-13-21-35(33)38(36-22-14-12-20-34(36)37)32-24-31(25-39-26-32)30-17-9-6-10-18-30/h3-26H,1H2,2H3/b27-23+,28-4+. The normalized spacial score (nSPS) is 12.0. The van der Waals surface area contributed by atoms with Crippen molar-refractivity contribution in [1.82, 2.24) is 0 Å². The van der Waals surface area contributed by atoms with E-state index in [1.807, 2.05) is 12.1 Å². The molecule has 0 aliphatic rings. The molecule has 0 nitrogen and oxygen atoms in total. The van der Waals surface area contributed by atoms with Crippen LogP contribution in [0.5, 0.6) is 0 Å². The monoisotopic (exact) mass is 496 g/mol. The van der Waals surface area contributed by atoms with Crippen molar-refractivity contribution in [2.45, 2.75) is 6.92 Å². The van der Waals surface area contributed by atoms with Crippen LogP contribution in [0.15, 0.2) is 152 Å². The van der Waals surface area contributed by atoms with Crippen LogP contribution in [0.3, 0.4) is 0 Å². The predicted octanol–water partition coefficient (Wildman–Crippen LogP) is 10.3. The summed E-state index contributed by atoms with van der Waals surface area (Å²) in [5.41, 5.74) is 9.65. The number of rotatable bonds is 6. The van der Waals surface area contributed by atoms with Crippen LogP contribution in [0.4, 0.5) is 0 Å². The molecule has 6 rings (SSSR count). The summed E-state index contributed by atoms with van der Waals surface area (Å²) >= 11 is 0. The second kappa shape index (κ2) is 10.9. The Balaban J connectivity index is 1.63. The summed E-state index contributed by atoms with van der Waals surface area (Å²) < 4.78 is 0. The van der Waals surface area contributed by atoms with Gasteiger partial charge in [0.25, 0.3) is 0 Å². The molecule has 0 spiro atoms. The van der Waals surface area contributed by atoms with Crippen molar-refractivity contribution < 1.29 is 0 Å². The molecule has 0 bridgehead atoms. The van der Waals surface area contributed by atoms with Crippen LogP contribution in [0.1, 0.15) is 18.1 Å². The fourth-order valence-electron chi connectivity index (χ4n) is 5.59. The summed E-state index contributed by atoms with van der Waals surface area (Å²) in [7, 11) is 0. The van der Waals surface area contributed by atoms with Crippen LogP contribution >= 0.6 is 0 Å². The van der Waals surface area contributed by atoms with Gasteiger partial charge in [0.05, 0.1) is 0 Å². The molecule has 1 heterocycles. The van der Waals surface area contributed by atoms with Crippen molar-refractivity contribution in [1.29, 1.82) is 0 Å². The van der Waals surface area contributed by atoms with Crippen LogP contribution in [0.2, 0.25) is 0 Å². The van der Waals surface area contributed by atoms with Gasteiger partial charge in [-0.25, -0.2) is 0 Å². The maximum atomic E-state index is 4.13. The zero-order valence-corrected chi connectivity index (χ0v) is 22.1. The zero-order valence-electron chi connectivity index (χ0n) is 22.1. The van der Waals surface area contributed by atoms with Crippen molar-refractivity contribution in [2.24, 2.45) is 0 Å². The van der Waals surface area contributed by atoms with E-state index in [0.29, 0.717) is 0 Å². The average molecular weight is 496 g/mol. The molecule has 0 unspecified atom stereocenters. The molecule has 0 amide bonds. The number of hydrogen-bond donors (Lipinski definition) is 0. The van der Waals surface area contributed by atoms with Gasteiger partial charge in [0.1, 0.15) is 0 Å². The van der Waals surface area contributed by atoms with Crippen molar-refractivity contribution in [3.05, 3.63) is 163 Å². The van der Waals surface area contributed by atoms with Gasteiger partial charge >= 0.3 is 226 Å². The van der Waals surface area contributed by atoms with Gasteiger partial charge in [-0.15, -0.1) is 0 Å². The molecule has 184 valence electrons. The van der Waals surface area contributed by atoms with Crippen LogP contribution in [-0.4, -0.2) is 6.91 Å². The molecule has 0 atom stereocenters. The van der Waals surface area contributed by atoms with Gasteiger partial charge in [0.15, 0.2) is 0 Å². The molecule has 0 aliphatic carbocycles. The fraction of sp³-hybridized carbons (Fsp3) is 0.0263. The van der Waals surface area contributed by atoms with Crippen LogP contribution in [-0.2, 0) is 0 Å². The Morgan fingerprint density at radius 3 is 1.72 bits per heavy atom. The second-order valence-electron chi connectivity index (χ2n) is 9.70. The van der Waals surface area contributed by atoms with E-state index in [2.05, 4.69) is 154 Å². The Morgan fingerprint density at radius 2 is 1.13 bits per heavy atom. The minimum absolute atomic E-state index is 1.11. The Labute approximate surface area is 231 Å². The van der Waals surface area contributed by atoms with E-state index in [1.165, 1.54) is 54.9 Å². The predicted molar refractivity (Wildman–Crippen MR) is 172 cm³/mol. The summed E-state index contributed by atoms with van der Waals surface area (Å²) in [5.74, 6) is 4.43. The van der Waals surface area contributed by atoms with Gasteiger partial charge in [-0.1, -0.05) is 6.07 Å². The first kappa shape index (κ1) is 24.6. The van der Waals surface area contributed by atoms with Gasteiger partial charge in [-0.3, -0.25) is 0 Å². The van der Waals surface area contributed by atoms with E-state index in [1.54, 1.807) is 0 Å². The summed E-state index contributed by atoms with van der Waals surface area (Å²) in [6.45, 7) is 8.43. The van der Waals surface area contributed by atoms with E-state index in [0.717, 1.165) is 11.1 Å². The van der Waals surface area contributed by atoms with E-state index >= 15 is 0 Å². The minimum atomic E-state index is 1.11. The molecular weight excluding hydrogens is 467 g/mol. The average Bonchev–Trinajstić information content (AvgIpc) is 3.02. The van der Waals surface area contributed by atoms with E-state index < -0.39 is 0 Å². The fourth-order valence-corrected chi connectivity index (χ4v) is 5.59. The molecule has 39 heavy (non-hydrogen) atoms. The number of fused-ring (bicyclic) bond motifs is 2. The van der Waals surface area contributed by atoms with Crippen LogP contribution < -0.4 is 0 Å². The van der Waals surface area contributed by atoms with E-state index in [4.69, 9.17) is 0 Å². The van der Waals surface area contributed by atoms with Gasteiger partial charge in [-0.05, 0) is 0 Å². The molecular formula is C38H29B. The van der Waals surface area contributed by atoms with Gasteiger partial charge < -0.3 is 0 Å². The molecule has 1 aromatic heterocycles. The molecule has 6 aromatic rings. The van der Waals surface area contributed by atoms with Gasteiger partial charge in [-0.2, -0.15) is 0 Å². The molecule has 0 radical (unpaired) electrons. The third kappa shape index (κ3) is 4.69. The van der Waals surface area contributed by atoms with Crippen LogP contribution in [0, 0.1) is 0 Å². The Bertz CT molecular complexity index is 1800. The third-order valence-corrected chi connectivity index (χ3v) is 7.43. The molecule has 0 saturated heterocycles. The molecule has 5 aromatic carbocycles. The van der Waals surface area contributed by atoms with Crippen LogP contribution in [0.25, 0.3) is 54.9 Å². The summed E-state index contributed by atoms with van der Waals surface area (Å²) in [6, 6.07) is 41.0. The first-order valence-electron chi connectivity index (χ1n) is 13.4. The molecule has 0 saturated carbocycles. The first-order valence-corrected chi connectivity index (χ1v) is 13.4. The van der Waals surface area contributed by atoms with Crippen molar-refractivity contribution in [3.8, 4) is 22.3 Å². The Hall–Kier alpha value is -4.75. The molecule has 0 aliphatic heterocycles. The maximum absolute atomic E-state index is 4.13. The molecule has 0 N–H and O–H groups in total. The SMILES string of the molecule is C=C/C(=C\C(=C/C)c1c2ccccc2c(-c2cbcc(-c3ccccc3)c2)c2ccccc12)c1ccccc1. The first-order chi connectivity index (χ1) is 19.3. The summed E-state index contributed by atoms with van der Waals surface area (Å²) in [6.07, 6.45) is 6.44. The quantitative estimate of drug-likeness (QED) is 0.159. The number of allylic oxidation sites excluding steroid dienone is 5. The van der Waals surface area contributed by atoms with E-state index in [9.17, 15) is 0 Å². The van der Waals surface area contributed by atoms with Gasteiger partial charge in [0, 0.05) is 0 Å². The van der Waals surface area contributed by atoms with E-state index in [-0.39, 0.29) is 0 Å². The third-order valence-electron chi connectivity index (χ3n) is 7.43. The van der Waals surface area contributed by atoms with Crippen molar-refractivity contribution in [2.75, 3.05) is 0 Å². The van der Waals surface area contributed by atoms with Crippen molar-refractivity contribution in [3.63, 3.8) is 0 Å². The Kier molecular flexibility index (Phi) is 6.89. The number of benzene rings is 5. The molecule has 1 heteroatoms. The summed E-state index contributed by atoms with van der Waals surface area (Å²) in [4.78, 5) is 0.